The van der Waals surface area contributed by atoms with Crippen LogP contribution in [0.15, 0.2) is 87.8 Å². The van der Waals surface area contributed by atoms with Gasteiger partial charge in [-0.15, -0.1) is 12.4 Å². The molecule has 0 bridgehead atoms. The molecule has 3 aromatic carbocycles. The van der Waals surface area contributed by atoms with E-state index >= 15 is 0 Å². The Morgan fingerprint density at radius 1 is 0.567 bits per heavy atom. The van der Waals surface area contributed by atoms with Crippen LogP contribution in [0.25, 0.3) is 0 Å². The molecule has 8 heteroatoms. The van der Waals surface area contributed by atoms with Crippen molar-refractivity contribution < 1.29 is 0 Å². The molecule has 3 aromatic rings. The second kappa shape index (κ2) is 10.1. The van der Waals surface area contributed by atoms with E-state index in [1.54, 1.807) is 19.2 Å². The Labute approximate surface area is 181 Å². The highest BCUT2D eigenvalue weighted by Gasteiger charge is 2.03. The van der Waals surface area contributed by atoms with E-state index in [9.17, 15) is 0 Å². The van der Waals surface area contributed by atoms with Crippen molar-refractivity contribution >= 4 is 47.0 Å². The Balaban J connectivity index is 0.00000320. The van der Waals surface area contributed by atoms with Crippen molar-refractivity contribution in [2.75, 3.05) is 12.8 Å². The van der Waals surface area contributed by atoms with Gasteiger partial charge >= 0.3 is 0 Å². The highest BCUT2D eigenvalue weighted by atomic mass is 35.5. The molecule has 0 atom stereocenters. The minimum Gasteiger partial charge on any atom is -0.399 e. The number of benzene rings is 3. The summed E-state index contributed by atoms with van der Waals surface area (Å²) < 4.78 is 0. The van der Waals surface area contributed by atoms with Crippen LogP contribution >= 0.6 is 12.4 Å². The third-order valence-electron chi connectivity index (χ3n) is 4.27. The van der Waals surface area contributed by atoms with Gasteiger partial charge in [-0.25, -0.2) is 9.98 Å². The summed E-state index contributed by atoms with van der Waals surface area (Å²) in [7, 11) is 1.65. The quantitative estimate of drug-likeness (QED) is 0.285. The minimum atomic E-state index is 0. The molecule has 0 fully saturated rings. The van der Waals surface area contributed by atoms with Crippen LogP contribution in [0.2, 0.25) is 0 Å². The second-order valence-electron chi connectivity index (χ2n) is 6.32. The standard InChI is InChI=1S/C22H23N7.ClH/c1-27-20(24)14-4-10-18(11-5-14)29-22(26)16-6-12-19(13-7-16)28-21(25)15-2-8-17(23)9-3-15;/h2-13H,23H2,1H3,(H2,24,27)(H2,25,28)(H2,26,29);1H. The Morgan fingerprint density at radius 3 is 1.27 bits per heavy atom. The highest BCUT2D eigenvalue weighted by Crippen LogP contribution is 2.17. The Kier molecular flexibility index (Phi) is 7.55. The van der Waals surface area contributed by atoms with Crippen molar-refractivity contribution in [1.29, 1.82) is 0 Å². The predicted molar refractivity (Wildman–Crippen MR) is 128 cm³/mol. The number of halogens is 1. The lowest BCUT2D eigenvalue weighted by atomic mass is 10.1. The molecule has 0 aliphatic heterocycles. The Bertz CT molecular complexity index is 1070. The van der Waals surface area contributed by atoms with Gasteiger partial charge in [0.05, 0.1) is 11.4 Å². The number of aliphatic imine (C=N–C) groups is 3. The fourth-order valence-corrected chi connectivity index (χ4v) is 2.60. The topological polar surface area (TPSA) is 141 Å². The lowest BCUT2D eigenvalue weighted by Crippen LogP contribution is -2.13. The van der Waals surface area contributed by atoms with Gasteiger partial charge in [-0.2, -0.15) is 0 Å². The van der Waals surface area contributed by atoms with Gasteiger partial charge in [0.15, 0.2) is 0 Å². The molecule has 3 rings (SSSR count). The summed E-state index contributed by atoms with van der Waals surface area (Å²) in [6.07, 6.45) is 0. The summed E-state index contributed by atoms with van der Waals surface area (Å²) in [6.45, 7) is 0. The van der Waals surface area contributed by atoms with Gasteiger partial charge < -0.3 is 22.9 Å². The van der Waals surface area contributed by atoms with Crippen LogP contribution in [0, 0.1) is 0 Å². The number of rotatable bonds is 5. The predicted octanol–water partition coefficient (Wildman–Crippen LogP) is 3.10. The van der Waals surface area contributed by atoms with Gasteiger partial charge in [0.2, 0.25) is 0 Å². The molecule has 30 heavy (non-hydrogen) atoms. The molecule has 0 amide bonds. The molecule has 0 aromatic heterocycles. The largest absolute Gasteiger partial charge is 0.399 e. The number of hydrogen-bond donors (Lipinski definition) is 4. The molecule has 0 radical (unpaired) electrons. The SMILES string of the molecule is CN=C(N)c1ccc(N=C(N)c2ccc(N=C(N)c3ccc(N)cc3)cc2)cc1.Cl. The molecule has 0 spiro atoms. The van der Waals surface area contributed by atoms with Crippen LogP contribution in [-0.4, -0.2) is 24.6 Å². The van der Waals surface area contributed by atoms with Crippen LogP contribution < -0.4 is 22.9 Å². The van der Waals surface area contributed by atoms with Crippen LogP contribution in [0.5, 0.6) is 0 Å². The zero-order valence-corrected chi connectivity index (χ0v) is 17.3. The smallest absolute Gasteiger partial charge is 0.131 e. The second-order valence-corrected chi connectivity index (χ2v) is 6.32. The van der Waals surface area contributed by atoms with E-state index in [1.165, 1.54) is 0 Å². The van der Waals surface area contributed by atoms with Gasteiger partial charge in [-0.05, 0) is 72.8 Å². The van der Waals surface area contributed by atoms with Crippen molar-refractivity contribution in [3.8, 4) is 0 Å². The monoisotopic (exact) mass is 421 g/mol. The molecule has 0 heterocycles. The average Bonchev–Trinajstić information content (AvgIpc) is 2.74. The molecule has 0 aliphatic carbocycles. The number of anilines is 1. The van der Waals surface area contributed by atoms with Crippen LogP contribution in [0.1, 0.15) is 16.7 Å². The molecular formula is C22H24ClN7. The Hall–Kier alpha value is -3.84. The third kappa shape index (κ3) is 5.59. The fourth-order valence-electron chi connectivity index (χ4n) is 2.60. The average molecular weight is 422 g/mol. The van der Waals surface area contributed by atoms with E-state index in [2.05, 4.69) is 15.0 Å². The zero-order chi connectivity index (χ0) is 20.8. The van der Waals surface area contributed by atoms with Gasteiger partial charge in [0.25, 0.3) is 0 Å². The summed E-state index contributed by atoms with van der Waals surface area (Å²) in [5.74, 6) is 1.29. The van der Waals surface area contributed by atoms with Crippen molar-refractivity contribution in [3.05, 3.63) is 89.5 Å². The molecule has 8 N–H and O–H groups in total. The first kappa shape index (κ1) is 22.4. The summed E-state index contributed by atoms with van der Waals surface area (Å²) in [5.41, 5.74) is 28.2. The highest BCUT2D eigenvalue weighted by molar-refractivity contribution is 6.01. The van der Waals surface area contributed by atoms with E-state index in [4.69, 9.17) is 22.9 Å². The Morgan fingerprint density at radius 2 is 0.900 bits per heavy atom. The van der Waals surface area contributed by atoms with E-state index in [0.717, 1.165) is 28.1 Å². The molecule has 0 aliphatic rings. The molecule has 154 valence electrons. The number of nitrogen functional groups attached to an aromatic ring is 1. The number of hydrogen-bond acceptors (Lipinski definition) is 4. The van der Waals surface area contributed by atoms with E-state index < -0.39 is 0 Å². The molecule has 0 saturated heterocycles. The van der Waals surface area contributed by atoms with Crippen LogP contribution in [0.3, 0.4) is 0 Å². The van der Waals surface area contributed by atoms with Gasteiger partial charge in [-0.1, -0.05) is 0 Å². The summed E-state index contributed by atoms with van der Waals surface area (Å²) in [5, 5.41) is 0. The molecular weight excluding hydrogens is 398 g/mol. The van der Waals surface area contributed by atoms with E-state index in [1.807, 2.05) is 60.7 Å². The molecule has 0 saturated carbocycles. The normalized spacial score (nSPS) is 12.4. The van der Waals surface area contributed by atoms with Crippen molar-refractivity contribution in [2.45, 2.75) is 0 Å². The third-order valence-corrected chi connectivity index (χ3v) is 4.27. The van der Waals surface area contributed by atoms with Crippen LogP contribution in [-0.2, 0) is 0 Å². The lowest BCUT2D eigenvalue weighted by Gasteiger charge is -2.05. The number of nitrogens with two attached hydrogens (primary N) is 4. The van der Waals surface area contributed by atoms with Crippen molar-refractivity contribution in [3.63, 3.8) is 0 Å². The summed E-state index contributed by atoms with van der Waals surface area (Å²) in [6, 6.07) is 22.0. The van der Waals surface area contributed by atoms with E-state index in [-0.39, 0.29) is 12.4 Å². The fraction of sp³-hybridized carbons (Fsp3) is 0.0455. The van der Waals surface area contributed by atoms with Crippen LogP contribution in [0.4, 0.5) is 17.1 Å². The molecule has 7 nitrogen and oxygen atoms in total. The van der Waals surface area contributed by atoms with E-state index in [0.29, 0.717) is 23.2 Å². The minimum absolute atomic E-state index is 0. The summed E-state index contributed by atoms with van der Waals surface area (Å²) in [4.78, 5) is 12.8. The summed E-state index contributed by atoms with van der Waals surface area (Å²) >= 11 is 0. The first-order chi connectivity index (χ1) is 14.0. The van der Waals surface area contributed by atoms with Crippen molar-refractivity contribution in [2.24, 2.45) is 32.2 Å². The molecule has 0 unspecified atom stereocenters. The maximum atomic E-state index is 6.14. The number of amidine groups is 3. The maximum Gasteiger partial charge on any atom is 0.131 e. The first-order valence-corrected chi connectivity index (χ1v) is 8.93. The zero-order valence-electron chi connectivity index (χ0n) is 16.5. The lowest BCUT2D eigenvalue weighted by molar-refractivity contribution is 1.38. The van der Waals surface area contributed by atoms with Gasteiger partial charge in [0.1, 0.15) is 17.5 Å². The van der Waals surface area contributed by atoms with Gasteiger partial charge in [0, 0.05) is 29.4 Å². The maximum absolute atomic E-state index is 6.14. The van der Waals surface area contributed by atoms with Gasteiger partial charge in [-0.3, -0.25) is 4.99 Å². The van der Waals surface area contributed by atoms with Crippen molar-refractivity contribution in [1.82, 2.24) is 0 Å². The first-order valence-electron chi connectivity index (χ1n) is 8.93. The number of nitrogens with zero attached hydrogens (tertiary/aromatic N) is 3.